The number of nitrogens with zero attached hydrogens (tertiary/aromatic N) is 3. The van der Waals surface area contributed by atoms with Crippen LogP contribution in [0.1, 0.15) is 11.1 Å². The molecule has 0 saturated carbocycles. The minimum absolute atomic E-state index is 0.0887. The first kappa shape index (κ1) is 19.2. The van der Waals surface area contributed by atoms with Crippen molar-refractivity contribution in [2.75, 3.05) is 17.3 Å². The maximum atomic E-state index is 13.5. The molecule has 27 heavy (non-hydrogen) atoms. The molecule has 1 aromatic heterocycles. The van der Waals surface area contributed by atoms with Gasteiger partial charge in [0.25, 0.3) is 0 Å². The summed E-state index contributed by atoms with van der Waals surface area (Å²) in [5, 5.41) is 2.94. The van der Waals surface area contributed by atoms with Crippen molar-refractivity contribution in [1.82, 2.24) is 9.97 Å². The molecule has 0 fully saturated rings. The summed E-state index contributed by atoms with van der Waals surface area (Å²) in [7, 11) is 1.54. The van der Waals surface area contributed by atoms with Crippen molar-refractivity contribution in [3.05, 3.63) is 70.3 Å². The quantitative estimate of drug-likeness (QED) is 0.538. The third kappa shape index (κ3) is 4.57. The minimum atomic E-state index is -4.57. The zero-order chi connectivity index (χ0) is 19.6. The molecule has 0 aliphatic rings. The van der Waals surface area contributed by atoms with Crippen LogP contribution in [0.15, 0.2) is 59.2 Å². The van der Waals surface area contributed by atoms with Crippen LogP contribution in [0.2, 0.25) is 0 Å². The number of anilines is 4. The fourth-order valence-electron chi connectivity index (χ4n) is 2.44. The number of aryl methyl sites for hydroxylation is 1. The van der Waals surface area contributed by atoms with Crippen molar-refractivity contribution < 1.29 is 13.2 Å². The van der Waals surface area contributed by atoms with Crippen molar-refractivity contribution in [1.29, 1.82) is 0 Å². The molecule has 3 aromatic rings. The molecule has 0 atom stereocenters. The van der Waals surface area contributed by atoms with E-state index in [1.165, 1.54) is 11.9 Å². The minimum Gasteiger partial charge on any atom is -0.329 e. The summed E-state index contributed by atoms with van der Waals surface area (Å²) in [6.45, 7) is 1.95. The Labute approximate surface area is 163 Å². The molecule has 3 rings (SSSR count). The number of rotatable bonds is 4. The maximum absolute atomic E-state index is 13.5. The van der Waals surface area contributed by atoms with Crippen LogP contribution in [0, 0.1) is 6.92 Å². The average molecular weight is 437 g/mol. The Balaban J connectivity index is 2.00. The predicted molar refractivity (Wildman–Crippen MR) is 104 cm³/mol. The van der Waals surface area contributed by atoms with Gasteiger partial charge in [0.1, 0.15) is 5.56 Å². The topological polar surface area (TPSA) is 41.1 Å². The van der Waals surface area contributed by atoms with E-state index in [0.29, 0.717) is 11.4 Å². The molecule has 0 spiro atoms. The number of hydrogen-bond acceptors (Lipinski definition) is 4. The van der Waals surface area contributed by atoms with Crippen LogP contribution in [-0.2, 0) is 6.18 Å². The lowest BCUT2D eigenvalue weighted by atomic mass is 10.2. The predicted octanol–water partition coefficient (Wildman–Crippen LogP) is 6.08. The first-order chi connectivity index (χ1) is 12.7. The Kier molecular flexibility index (Phi) is 5.36. The van der Waals surface area contributed by atoms with Gasteiger partial charge < -0.3 is 10.2 Å². The summed E-state index contributed by atoms with van der Waals surface area (Å²) >= 11 is 3.32. The number of aromatic nitrogens is 2. The van der Waals surface area contributed by atoms with Crippen LogP contribution < -0.4 is 10.2 Å². The van der Waals surface area contributed by atoms with Crippen LogP contribution in [-0.4, -0.2) is 17.0 Å². The molecule has 8 heteroatoms. The van der Waals surface area contributed by atoms with Gasteiger partial charge >= 0.3 is 6.18 Å². The molecular weight excluding hydrogens is 421 g/mol. The van der Waals surface area contributed by atoms with Crippen molar-refractivity contribution in [3.8, 4) is 0 Å². The SMILES string of the molecule is Cc1ccc(Nc2ncc(C(F)(F)F)c(N(C)c3ccc(Br)cc3)n2)cc1. The van der Waals surface area contributed by atoms with Crippen LogP contribution in [0.3, 0.4) is 0 Å². The second kappa shape index (κ2) is 7.56. The summed E-state index contributed by atoms with van der Waals surface area (Å²) < 4.78 is 41.2. The highest BCUT2D eigenvalue weighted by Crippen LogP contribution is 2.37. The van der Waals surface area contributed by atoms with E-state index in [-0.39, 0.29) is 11.8 Å². The third-order valence-electron chi connectivity index (χ3n) is 3.91. The molecule has 2 aromatic carbocycles. The van der Waals surface area contributed by atoms with Crippen molar-refractivity contribution in [2.24, 2.45) is 0 Å². The van der Waals surface area contributed by atoms with Crippen LogP contribution >= 0.6 is 15.9 Å². The van der Waals surface area contributed by atoms with Gasteiger partial charge in [-0.15, -0.1) is 0 Å². The van der Waals surface area contributed by atoms with Gasteiger partial charge in [-0.3, -0.25) is 0 Å². The van der Waals surface area contributed by atoms with E-state index in [1.807, 2.05) is 31.2 Å². The van der Waals surface area contributed by atoms with Gasteiger partial charge in [-0.1, -0.05) is 33.6 Å². The molecule has 0 unspecified atom stereocenters. The third-order valence-corrected chi connectivity index (χ3v) is 4.44. The molecule has 140 valence electrons. The van der Waals surface area contributed by atoms with Gasteiger partial charge in [0.05, 0.1) is 0 Å². The first-order valence-electron chi connectivity index (χ1n) is 8.01. The number of alkyl halides is 3. The fraction of sp³-hybridized carbons (Fsp3) is 0.158. The maximum Gasteiger partial charge on any atom is 0.421 e. The monoisotopic (exact) mass is 436 g/mol. The fourth-order valence-corrected chi connectivity index (χ4v) is 2.71. The Bertz CT molecular complexity index is 925. The van der Waals surface area contributed by atoms with Gasteiger partial charge in [-0.25, -0.2) is 4.98 Å². The molecule has 1 N–H and O–H groups in total. The number of nitrogens with one attached hydrogen (secondary N) is 1. The van der Waals surface area contributed by atoms with Crippen molar-refractivity contribution in [2.45, 2.75) is 13.1 Å². The second-order valence-electron chi connectivity index (χ2n) is 5.96. The Morgan fingerprint density at radius 2 is 1.63 bits per heavy atom. The summed E-state index contributed by atoms with van der Waals surface area (Å²) in [5.41, 5.74) is 1.44. The van der Waals surface area contributed by atoms with E-state index in [9.17, 15) is 13.2 Å². The lowest BCUT2D eigenvalue weighted by Gasteiger charge is -2.23. The molecule has 0 aliphatic carbocycles. The van der Waals surface area contributed by atoms with Crippen molar-refractivity contribution >= 4 is 39.1 Å². The van der Waals surface area contributed by atoms with Crippen LogP contribution in [0.5, 0.6) is 0 Å². The highest BCUT2D eigenvalue weighted by Gasteiger charge is 2.36. The van der Waals surface area contributed by atoms with E-state index >= 15 is 0 Å². The van der Waals surface area contributed by atoms with Gasteiger partial charge in [-0.05, 0) is 43.3 Å². The highest BCUT2D eigenvalue weighted by molar-refractivity contribution is 9.10. The van der Waals surface area contributed by atoms with E-state index in [4.69, 9.17) is 0 Å². The molecule has 4 nitrogen and oxygen atoms in total. The van der Waals surface area contributed by atoms with E-state index in [1.54, 1.807) is 24.3 Å². The van der Waals surface area contributed by atoms with Crippen LogP contribution in [0.25, 0.3) is 0 Å². The lowest BCUT2D eigenvalue weighted by molar-refractivity contribution is -0.137. The molecular formula is C19H16BrF3N4. The Morgan fingerprint density at radius 3 is 2.22 bits per heavy atom. The van der Waals surface area contributed by atoms with E-state index in [2.05, 4.69) is 31.2 Å². The van der Waals surface area contributed by atoms with Crippen molar-refractivity contribution in [3.63, 3.8) is 0 Å². The summed E-state index contributed by atoms with van der Waals surface area (Å²) in [4.78, 5) is 9.35. The van der Waals surface area contributed by atoms with Crippen LogP contribution in [0.4, 0.5) is 36.3 Å². The van der Waals surface area contributed by atoms with Gasteiger partial charge in [0.15, 0.2) is 5.82 Å². The smallest absolute Gasteiger partial charge is 0.329 e. The zero-order valence-corrected chi connectivity index (χ0v) is 16.1. The Morgan fingerprint density at radius 1 is 1.00 bits per heavy atom. The normalized spacial score (nSPS) is 11.3. The molecule has 0 amide bonds. The molecule has 0 radical (unpaired) electrons. The molecule has 1 heterocycles. The molecule has 0 bridgehead atoms. The first-order valence-corrected chi connectivity index (χ1v) is 8.80. The van der Waals surface area contributed by atoms with Gasteiger partial charge in [0.2, 0.25) is 5.95 Å². The highest BCUT2D eigenvalue weighted by atomic mass is 79.9. The number of hydrogen-bond donors (Lipinski definition) is 1. The summed E-state index contributed by atoms with van der Waals surface area (Å²) in [5.74, 6) is -0.139. The summed E-state index contributed by atoms with van der Waals surface area (Å²) in [6.07, 6.45) is -3.77. The van der Waals surface area contributed by atoms with Gasteiger partial charge in [-0.2, -0.15) is 18.2 Å². The molecule has 0 saturated heterocycles. The summed E-state index contributed by atoms with van der Waals surface area (Å²) in [6, 6.07) is 14.3. The second-order valence-corrected chi connectivity index (χ2v) is 6.87. The van der Waals surface area contributed by atoms with E-state index < -0.39 is 11.7 Å². The standard InChI is InChI=1S/C19H16BrF3N4/c1-12-3-7-14(8-4-12)25-18-24-11-16(19(21,22)23)17(26-18)27(2)15-9-5-13(20)6-10-15/h3-11H,1-2H3,(H,24,25,26). The molecule has 0 aliphatic heterocycles. The lowest BCUT2D eigenvalue weighted by Crippen LogP contribution is -2.19. The number of benzene rings is 2. The zero-order valence-electron chi connectivity index (χ0n) is 14.5. The largest absolute Gasteiger partial charge is 0.421 e. The van der Waals surface area contributed by atoms with E-state index in [0.717, 1.165) is 16.2 Å². The average Bonchev–Trinajstić information content (AvgIpc) is 2.63. The Hall–Kier alpha value is -2.61. The number of halogens is 4. The van der Waals surface area contributed by atoms with Gasteiger partial charge in [0, 0.05) is 29.1 Å².